The highest BCUT2D eigenvalue weighted by Gasteiger charge is 2.28. The van der Waals surface area contributed by atoms with Crippen LogP contribution in [0.1, 0.15) is 42.0 Å². The van der Waals surface area contributed by atoms with Gasteiger partial charge >= 0.3 is 6.03 Å². The average Bonchev–Trinajstić information content (AvgIpc) is 3.10. The maximum absolute atomic E-state index is 11.8. The molecule has 0 aliphatic heterocycles. The minimum Gasteiger partial charge on any atom is -0.335 e. The Bertz CT molecular complexity index is 455. The van der Waals surface area contributed by atoms with Gasteiger partial charge in [-0.15, -0.1) is 0 Å². The molecule has 2 rings (SSSR count). The molecule has 104 valence electrons. The van der Waals surface area contributed by atoms with Crippen LogP contribution in [-0.2, 0) is 6.54 Å². The molecular weight excluding hydrogens is 236 g/mol. The van der Waals surface area contributed by atoms with Gasteiger partial charge in [-0.3, -0.25) is 0 Å². The van der Waals surface area contributed by atoms with E-state index >= 15 is 0 Å². The third-order valence-electron chi connectivity index (χ3n) is 3.95. The molecule has 1 aliphatic carbocycles. The SMILES string of the molecule is Cc1cc(C)c(CNC(=O)NC(C)C2CC2)c(C)c1. The lowest BCUT2D eigenvalue weighted by Gasteiger charge is -2.16. The second-order valence-corrected chi connectivity index (χ2v) is 5.83. The molecule has 0 saturated heterocycles. The first-order valence-corrected chi connectivity index (χ1v) is 7.08. The Morgan fingerprint density at radius 3 is 2.37 bits per heavy atom. The number of amides is 2. The van der Waals surface area contributed by atoms with E-state index in [1.807, 2.05) is 0 Å². The largest absolute Gasteiger partial charge is 0.335 e. The van der Waals surface area contributed by atoms with Crippen LogP contribution in [0.5, 0.6) is 0 Å². The van der Waals surface area contributed by atoms with Gasteiger partial charge in [0.25, 0.3) is 0 Å². The molecule has 1 atom stereocenters. The Morgan fingerprint density at radius 1 is 1.26 bits per heavy atom. The minimum atomic E-state index is -0.0567. The van der Waals surface area contributed by atoms with E-state index in [0.29, 0.717) is 18.5 Å². The normalized spacial score (nSPS) is 16.0. The van der Waals surface area contributed by atoms with Gasteiger partial charge < -0.3 is 10.6 Å². The van der Waals surface area contributed by atoms with E-state index in [0.717, 1.165) is 0 Å². The summed E-state index contributed by atoms with van der Waals surface area (Å²) < 4.78 is 0. The van der Waals surface area contributed by atoms with E-state index in [9.17, 15) is 4.79 Å². The first-order valence-electron chi connectivity index (χ1n) is 7.08. The standard InChI is InChI=1S/C16H24N2O/c1-10-7-11(2)15(12(3)8-10)9-17-16(19)18-13(4)14-5-6-14/h7-8,13-14H,5-6,9H2,1-4H3,(H2,17,18,19). The zero-order valence-electron chi connectivity index (χ0n) is 12.3. The molecule has 3 heteroatoms. The molecule has 19 heavy (non-hydrogen) atoms. The molecule has 0 aromatic heterocycles. The number of benzene rings is 1. The summed E-state index contributed by atoms with van der Waals surface area (Å²) in [6.45, 7) is 8.98. The van der Waals surface area contributed by atoms with Gasteiger partial charge in [-0.1, -0.05) is 17.7 Å². The van der Waals surface area contributed by atoms with Crippen LogP contribution in [0.4, 0.5) is 4.79 Å². The number of carbonyl (C=O) groups excluding carboxylic acids is 1. The fourth-order valence-electron chi connectivity index (χ4n) is 2.63. The number of hydrogen-bond acceptors (Lipinski definition) is 1. The van der Waals surface area contributed by atoms with E-state index < -0.39 is 0 Å². The Kier molecular flexibility index (Phi) is 4.13. The van der Waals surface area contributed by atoms with Crippen LogP contribution in [0.2, 0.25) is 0 Å². The molecule has 0 spiro atoms. The quantitative estimate of drug-likeness (QED) is 0.857. The maximum atomic E-state index is 11.8. The fourth-order valence-corrected chi connectivity index (χ4v) is 2.63. The molecule has 2 amide bonds. The van der Waals surface area contributed by atoms with Crippen molar-refractivity contribution in [3.05, 3.63) is 34.4 Å². The lowest BCUT2D eigenvalue weighted by Crippen LogP contribution is -2.41. The summed E-state index contributed by atoms with van der Waals surface area (Å²) in [7, 11) is 0. The van der Waals surface area contributed by atoms with E-state index in [-0.39, 0.29) is 6.03 Å². The summed E-state index contributed by atoms with van der Waals surface area (Å²) >= 11 is 0. The molecule has 1 saturated carbocycles. The molecule has 0 radical (unpaired) electrons. The summed E-state index contributed by atoms with van der Waals surface area (Å²) in [6, 6.07) is 4.56. The first kappa shape index (κ1) is 13.9. The van der Waals surface area contributed by atoms with Crippen LogP contribution >= 0.6 is 0 Å². The van der Waals surface area contributed by atoms with Gasteiger partial charge in [0, 0.05) is 12.6 Å². The van der Waals surface area contributed by atoms with Gasteiger partial charge in [0.15, 0.2) is 0 Å². The second kappa shape index (κ2) is 5.64. The van der Waals surface area contributed by atoms with Crippen LogP contribution in [-0.4, -0.2) is 12.1 Å². The molecule has 1 fully saturated rings. The molecule has 1 unspecified atom stereocenters. The summed E-state index contributed by atoms with van der Waals surface area (Å²) in [5.41, 5.74) is 4.98. The van der Waals surface area contributed by atoms with E-state index in [1.165, 1.54) is 35.1 Å². The van der Waals surface area contributed by atoms with Crippen LogP contribution in [0.15, 0.2) is 12.1 Å². The zero-order valence-corrected chi connectivity index (χ0v) is 12.3. The summed E-state index contributed by atoms with van der Waals surface area (Å²) in [4.78, 5) is 11.8. The van der Waals surface area contributed by atoms with Crippen LogP contribution < -0.4 is 10.6 Å². The monoisotopic (exact) mass is 260 g/mol. The number of aryl methyl sites for hydroxylation is 3. The second-order valence-electron chi connectivity index (χ2n) is 5.83. The summed E-state index contributed by atoms with van der Waals surface area (Å²) in [6.07, 6.45) is 2.50. The molecule has 1 aromatic rings. The van der Waals surface area contributed by atoms with E-state index in [4.69, 9.17) is 0 Å². The van der Waals surface area contributed by atoms with Gasteiger partial charge in [-0.2, -0.15) is 0 Å². The van der Waals surface area contributed by atoms with Crippen molar-refractivity contribution in [3.8, 4) is 0 Å². The number of rotatable bonds is 4. The molecular formula is C16H24N2O. The lowest BCUT2D eigenvalue weighted by atomic mass is 10.00. The number of carbonyl (C=O) groups is 1. The average molecular weight is 260 g/mol. The Hall–Kier alpha value is -1.51. The smallest absolute Gasteiger partial charge is 0.315 e. The molecule has 1 aliphatic rings. The Labute approximate surface area is 115 Å². The fraction of sp³-hybridized carbons (Fsp3) is 0.562. The highest BCUT2D eigenvalue weighted by atomic mass is 16.2. The van der Waals surface area contributed by atoms with Crippen molar-refractivity contribution in [1.29, 1.82) is 0 Å². The predicted molar refractivity (Wildman–Crippen MR) is 78.2 cm³/mol. The van der Waals surface area contributed by atoms with Crippen molar-refractivity contribution in [1.82, 2.24) is 10.6 Å². The topological polar surface area (TPSA) is 41.1 Å². The van der Waals surface area contributed by atoms with Crippen molar-refractivity contribution >= 4 is 6.03 Å². The summed E-state index contributed by atoms with van der Waals surface area (Å²) in [5, 5.41) is 5.98. The van der Waals surface area contributed by atoms with Crippen LogP contribution in [0, 0.1) is 26.7 Å². The molecule has 1 aromatic carbocycles. The Balaban J connectivity index is 1.89. The predicted octanol–water partition coefficient (Wildman–Crippen LogP) is 3.21. The van der Waals surface area contributed by atoms with Crippen molar-refractivity contribution in [2.45, 2.75) is 53.1 Å². The zero-order chi connectivity index (χ0) is 14.0. The third kappa shape index (κ3) is 3.72. The van der Waals surface area contributed by atoms with Crippen molar-refractivity contribution in [2.75, 3.05) is 0 Å². The Morgan fingerprint density at radius 2 is 1.84 bits per heavy atom. The summed E-state index contributed by atoms with van der Waals surface area (Å²) in [5.74, 6) is 0.689. The molecule has 0 heterocycles. The van der Waals surface area contributed by atoms with E-state index in [1.54, 1.807) is 0 Å². The number of nitrogens with one attached hydrogen (secondary N) is 2. The molecule has 3 nitrogen and oxygen atoms in total. The maximum Gasteiger partial charge on any atom is 0.315 e. The van der Waals surface area contributed by atoms with E-state index in [2.05, 4.69) is 50.5 Å². The molecule has 0 bridgehead atoms. The van der Waals surface area contributed by atoms with Gasteiger partial charge in [0.1, 0.15) is 0 Å². The number of hydrogen-bond donors (Lipinski definition) is 2. The number of urea groups is 1. The van der Waals surface area contributed by atoms with Gasteiger partial charge in [0.2, 0.25) is 0 Å². The van der Waals surface area contributed by atoms with Crippen LogP contribution in [0.25, 0.3) is 0 Å². The van der Waals surface area contributed by atoms with Gasteiger partial charge in [0.05, 0.1) is 0 Å². The highest BCUT2D eigenvalue weighted by Crippen LogP contribution is 2.32. The van der Waals surface area contributed by atoms with Crippen molar-refractivity contribution in [2.24, 2.45) is 5.92 Å². The lowest BCUT2D eigenvalue weighted by molar-refractivity contribution is 0.236. The van der Waals surface area contributed by atoms with Gasteiger partial charge in [-0.05, 0) is 63.1 Å². The third-order valence-corrected chi connectivity index (χ3v) is 3.95. The van der Waals surface area contributed by atoms with Crippen molar-refractivity contribution in [3.63, 3.8) is 0 Å². The van der Waals surface area contributed by atoms with Gasteiger partial charge in [-0.25, -0.2) is 4.79 Å². The molecule has 2 N–H and O–H groups in total. The van der Waals surface area contributed by atoms with Crippen molar-refractivity contribution < 1.29 is 4.79 Å². The highest BCUT2D eigenvalue weighted by molar-refractivity contribution is 5.74. The minimum absolute atomic E-state index is 0.0567. The first-order chi connectivity index (χ1) is 8.97. The van der Waals surface area contributed by atoms with Crippen LogP contribution in [0.3, 0.4) is 0 Å².